The standard InChI is InChI=1S/C17H25N3O3.ClH/c1-10-5-8-23-15(10)17(22)20-7-2-6-19-16(21)13-11-3-4-12(9-11)14(13)18;/h5,8,11-14H,2-4,6-7,9,18H2,1H3,(H,19,21)(H,20,22);1H. The number of halogens is 1. The van der Waals surface area contributed by atoms with E-state index in [1.807, 2.05) is 6.92 Å². The van der Waals surface area contributed by atoms with Crippen molar-refractivity contribution in [1.29, 1.82) is 0 Å². The molecule has 1 heterocycles. The maximum absolute atomic E-state index is 12.3. The lowest BCUT2D eigenvalue weighted by atomic mass is 9.84. The van der Waals surface area contributed by atoms with Crippen LogP contribution >= 0.6 is 12.4 Å². The van der Waals surface area contributed by atoms with Crippen molar-refractivity contribution >= 4 is 24.2 Å². The summed E-state index contributed by atoms with van der Waals surface area (Å²) in [5, 5.41) is 5.76. The number of furan rings is 1. The van der Waals surface area contributed by atoms with Crippen molar-refractivity contribution in [3.63, 3.8) is 0 Å². The lowest BCUT2D eigenvalue weighted by Crippen LogP contribution is -2.45. The van der Waals surface area contributed by atoms with Crippen LogP contribution < -0.4 is 16.4 Å². The van der Waals surface area contributed by atoms with Gasteiger partial charge in [-0.2, -0.15) is 0 Å². The third kappa shape index (κ3) is 3.75. The molecule has 2 bridgehead atoms. The molecule has 3 rings (SSSR count). The first-order chi connectivity index (χ1) is 11.1. The number of carbonyl (C=O) groups is 2. The van der Waals surface area contributed by atoms with E-state index in [9.17, 15) is 9.59 Å². The molecule has 4 atom stereocenters. The molecule has 2 saturated carbocycles. The molecule has 0 radical (unpaired) electrons. The molecule has 6 nitrogen and oxygen atoms in total. The number of aryl methyl sites for hydroxylation is 1. The molecule has 0 saturated heterocycles. The van der Waals surface area contributed by atoms with Gasteiger partial charge in [-0.1, -0.05) is 0 Å². The molecule has 2 aliphatic rings. The van der Waals surface area contributed by atoms with E-state index in [-0.39, 0.29) is 36.2 Å². The predicted octanol–water partition coefficient (Wildman–Crippen LogP) is 1.62. The minimum absolute atomic E-state index is 0. The highest BCUT2D eigenvalue weighted by Gasteiger charge is 2.48. The second kappa shape index (κ2) is 8.03. The third-order valence-corrected chi connectivity index (χ3v) is 5.29. The molecule has 0 aromatic carbocycles. The molecule has 0 aliphatic heterocycles. The van der Waals surface area contributed by atoms with Gasteiger partial charge in [0.1, 0.15) is 0 Å². The number of rotatable bonds is 6. The second-order valence-corrected chi connectivity index (χ2v) is 6.77. The largest absolute Gasteiger partial charge is 0.459 e. The minimum Gasteiger partial charge on any atom is -0.459 e. The maximum Gasteiger partial charge on any atom is 0.287 e. The Morgan fingerprint density at radius 3 is 2.58 bits per heavy atom. The van der Waals surface area contributed by atoms with Crippen LogP contribution in [0.25, 0.3) is 0 Å². The summed E-state index contributed by atoms with van der Waals surface area (Å²) in [6, 6.07) is 1.78. The van der Waals surface area contributed by atoms with Crippen LogP contribution in [0, 0.1) is 24.7 Å². The van der Waals surface area contributed by atoms with Gasteiger partial charge in [-0.25, -0.2) is 0 Å². The zero-order valence-corrected chi connectivity index (χ0v) is 14.7. The first-order valence-corrected chi connectivity index (χ1v) is 8.43. The molecule has 2 aliphatic carbocycles. The predicted molar refractivity (Wildman–Crippen MR) is 92.9 cm³/mol. The highest BCUT2D eigenvalue weighted by Crippen LogP contribution is 2.47. The highest BCUT2D eigenvalue weighted by molar-refractivity contribution is 5.92. The molecule has 24 heavy (non-hydrogen) atoms. The quantitative estimate of drug-likeness (QED) is 0.675. The summed E-state index contributed by atoms with van der Waals surface area (Å²) in [7, 11) is 0. The van der Waals surface area contributed by atoms with Gasteiger partial charge in [-0.05, 0) is 50.5 Å². The Labute approximate surface area is 148 Å². The van der Waals surface area contributed by atoms with Gasteiger partial charge >= 0.3 is 0 Å². The van der Waals surface area contributed by atoms with Crippen molar-refractivity contribution in [3.05, 3.63) is 23.7 Å². The summed E-state index contributed by atoms with van der Waals surface area (Å²) < 4.78 is 5.13. The molecule has 0 spiro atoms. The normalized spacial score (nSPS) is 27.6. The van der Waals surface area contributed by atoms with Crippen molar-refractivity contribution in [2.45, 2.75) is 38.6 Å². The number of nitrogens with two attached hydrogens (primary N) is 1. The van der Waals surface area contributed by atoms with Crippen molar-refractivity contribution in [1.82, 2.24) is 10.6 Å². The molecule has 4 unspecified atom stereocenters. The van der Waals surface area contributed by atoms with Crippen LogP contribution in [-0.2, 0) is 4.79 Å². The first kappa shape index (κ1) is 18.8. The maximum atomic E-state index is 12.3. The third-order valence-electron chi connectivity index (χ3n) is 5.29. The number of carbonyl (C=O) groups excluding carboxylic acids is 2. The van der Waals surface area contributed by atoms with Crippen molar-refractivity contribution in [2.75, 3.05) is 13.1 Å². The van der Waals surface area contributed by atoms with E-state index in [1.165, 1.54) is 12.7 Å². The van der Waals surface area contributed by atoms with Crippen molar-refractivity contribution in [3.8, 4) is 0 Å². The van der Waals surface area contributed by atoms with Crippen molar-refractivity contribution < 1.29 is 14.0 Å². The summed E-state index contributed by atoms with van der Waals surface area (Å²) in [5.41, 5.74) is 7.00. The smallest absolute Gasteiger partial charge is 0.287 e. The fraction of sp³-hybridized carbons (Fsp3) is 0.647. The van der Waals surface area contributed by atoms with Crippen LogP contribution in [-0.4, -0.2) is 30.9 Å². The molecular formula is C17H26ClN3O3. The van der Waals surface area contributed by atoms with E-state index in [1.54, 1.807) is 6.07 Å². The van der Waals surface area contributed by atoms with E-state index in [2.05, 4.69) is 10.6 Å². The Balaban J connectivity index is 0.00000208. The van der Waals surface area contributed by atoms with Crippen molar-refractivity contribution in [2.24, 2.45) is 23.5 Å². The van der Waals surface area contributed by atoms with Gasteiger partial charge in [0.2, 0.25) is 5.91 Å². The van der Waals surface area contributed by atoms with Gasteiger partial charge in [0.05, 0.1) is 12.2 Å². The molecule has 134 valence electrons. The number of hydrogen-bond acceptors (Lipinski definition) is 4. The number of nitrogens with one attached hydrogen (secondary N) is 2. The first-order valence-electron chi connectivity index (χ1n) is 8.43. The van der Waals surface area contributed by atoms with Crippen LogP contribution in [0.15, 0.2) is 16.7 Å². The Bertz CT molecular complexity index is 587. The van der Waals surface area contributed by atoms with E-state index in [0.29, 0.717) is 37.1 Å². The van der Waals surface area contributed by atoms with Gasteiger partial charge in [-0.15, -0.1) is 12.4 Å². The van der Waals surface area contributed by atoms with Crippen LogP contribution in [0.3, 0.4) is 0 Å². The van der Waals surface area contributed by atoms with E-state index in [0.717, 1.165) is 18.4 Å². The summed E-state index contributed by atoms with van der Waals surface area (Å²) >= 11 is 0. The zero-order valence-electron chi connectivity index (χ0n) is 13.9. The topological polar surface area (TPSA) is 97.4 Å². The summed E-state index contributed by atoms with van der Waals surface area (Å²) in [6.45, 7) is 2.88. The Kier molecular flexibility index (Phi) is 6.29. The molecule has 1 aromatic rings. The minimum atomic E-state index is -0.214. The second-order valence-electron chi connectivity index (χ2n) is 6.77. The average Bonchev–Trinajstić information content (AvgIpc) is 3.22. The highest BCUT2D eigenvalue weighted by atomic mass is 35.5. The SMILES string of the molecule is Cc1ccoc1C(=O)NCCCNC(=O)C1C2CCC(C2)C1N.Cl. The lowest BCUT2D eigenvalue weighted by Gasteiger charge is -2.27. The van der Waals surface area contributed by atoms with Gasteiger partial charge in [0, 0.05) is 24.7 Å². The molecular weight excluding hydrogens is 330 g/mol. The van der Waals surface area contributed by atoms with Crippen LogP contribution in [0.2, 0.25) is 0 Å². The molecule has 7 heteroatoms. The molecule has 4 N–H and O–H groups in total. The van der Waals surface area contributed by atoms with E-state index < -0.39 is 0 Å². The Morgan fingerprint density at radius 1 is 1.25 bits per heavy atom. The van der Waals surface area contributed by atoms with Gasteiger partial charge in [-0.3, -0.25) is 9.59 Å². The van der Waals surface area contributed by atoms with Gasteiger partial charge in [0.25, 0.3) is 5.91 Å². The number of fused-ring (bicyclic) bond motifs is 2. The van der Waals surface area contributed by atoms with Crippen LogP contribution in [0.4, 0.5) is 0 Å². The van der Waals surface area contributed by atoms with E-state index in [4.69, 9.17) is 10.2 Å². The van der Waals surface area contributed by atoms with E-state index >= 15 is 0 Å². The van der Waals surface area contributed by atoms with Gasteiger partial charge < -0.3 is 20.8 Å². The summed E-state index contributed by atoms with van der Waals surface area (Å²) in [5.74, 6) is 1.20. The van der Waals surface area contributed by atoms with Gasteiger partial charge in [0.15, 0.2) is 5.76 Å². The monoisotopic (exact) mass is 355 g/mol. The lowest BCUT2D eigenvalue weighted by molar-refractivity contribution is -0.127. The van der Waals surface area contributed by atoms with Crippen LogP contribution in [0.5, 0.6) is 0 Å². The number of amides is 2. The summed E-state index contributed by atoms with van der Waals surface area (Å²) in [4.78, 5) is 24.1. The average molecular weight is 356 g/mol. The summed E-state index contributed by atoms with van der Waals surface area (Å²) in [6.07, 6.45) is 5.61. The zero-order chi connectivity index (χ0) is 16.4. The number of hydrogen-bond donors (Lipinski definition) is 3. The Hall–Kier alpha value is -1.53. The molecule has 2 amide bonds. The fourth-order valence-corrected chi connectivity index (χ4v) is 4.03. The molecule has 1 aromatic heterocycles. The molecule has 2 fully saturated rings. The Morgan fingerprint density at radius 2 is 1.96 bits per heavy atom. The fourth-order valence-electron chi connectivity index (χ4n) is 4.03. The van der Waals surface area contributed by atoms with Crippen LogP contribution in [0.1, 0.15) is 41.8 Å².